The van der Waals surface area contributed by atoms with Crippen molar-refractivity contribution in [3.8, 4) is 0 Å². The molecule has 0 spiro atoms. The van der Waals surface area contributed by atoms with E-state index < -0.39 is 10.0 Å². The Morgan fingerprint density at radius 1 is 1.38 bits per heavy atom. The van der Waals surface area contributed by atoms with E-state index in [1.54, 1.807) is 6.20 Å². The van der Waals surface area contributed by atoms with Gasteiger partial charge < -0.3 is 9.64 Å². The molecule has 9 heteroatoms. The standard InChI is InChI=1S/C15H24N4O4S/c1-24(21,22)17-8-12-9-18(11-14-2-5-16-19(14)10-12)15(20)13-3-6-23-7-4-13/h2,5,12-13,17H,3-4,6-11H2,1H3/t12-/m1/s1. The maximum Gasteiger partial charge on any atom is 0.226 e. The SMILES string of the molecule is CS(=O)(=O)NC[C@@H]1CN(C(=O)C2CCOCC2)Cc2ccnn2C1. The molecule has 0 aliphatic carbocycles. The number of hydrogen-bond acceptors (Lipinski definition) is 5. The molecule has 134 valence electrons. The van der Waals surface area contributed by atoms with Gasteiger partial charge in [-0.2, -0.15) is 5.10 Å². The second-order valence-electron chi connectivity index (χ2n) is 6.60. The van der Waals surface area contributed by atoms with Crippen LogP contribution in [0.1, 0.15) is 18.5 Å². The van der Waals surface area contributed by atoms with Gasteiger partial charge in [0.25, 0.3) is 0 Å². The maximum absolute atomic E-state index is 12.9. The summed E-state index contributed by atoms with van der Waals surface area (Å²) in [5, 5.41) is 4.30. The van der Waals surface area contributed by atoms with E-state index in [0.717, 1.165) is 24.8 Å². The van der Waals surface area contributed by atoms with Gasteiger partial charge in [-0.15, -0.1) is 0 Å². The quantitative estimate of drug-likeness (QED) is 0.808. The summed E-state index contributed by atoms with van der Waals surface area (Å²) in [7, 11) is -3.26. The van der Waals surface area contributed by atoms with E-state index in [-0.39, 0.29) is 17.7 Å². The number of nitrogens with zero attached hydrogens (tertiary/aromatic N) is 3. The van der Waals surface area contributed by atoms with Crippen LogP contribution in [0.25, 0.3) is 0 Å². The minimum absolute atomic E-state index is 0.00302. The van der Waals surface area contributed by atoms with E-state index in [4.69, 9.17) is 4.74 Å². The number of sulfonamides is 1. The summed E-state index contributed by atoms with van der Waals surface area (Å²) in [6.07, 6.45) is 4.37. The summed E-state index contributed by atoms with van der Waals surface area (Å²) >= 11 is 0. The number of amides is 1. The van der Waals surface area contributed by atoms with Crippen molar-refractivity contribution in [1.29, 1.82) is 0 Å². The minimum atomic E-state index is -3.26. The predicted octanol–water partition coefficient (Wildman–Crippen LogP) is -0.183. The van der Waals surface area contributed by atoms with Gasteiger partial charge in [0, 0.05) is 50.9 Å². The van der Waals surface area contributed by atoms with Crippen molar-refractivity contribution in [2.24, 2.45) is 11.8 Å². The number of hydrogen-bond donors (Lipinski definition) is 1. The van der Waals surface area contributed by atoms with Gasteiger partial charge in [-0.1, -0.05) is 0 Å². The van der Waals surface area contributed by atoms with E-state index in [2.05, 4.69) is 9.82 Å². The van der Waals surface area contributed by atoms with Crippen LogP contribution in [0.3, 0.4) is 0 Å². The molecule has 1 amide bonds. The lowest BCUT2D eigenvalue weighted by Gasteiger charge is -2.30. The van der Waals surface area contributed by atoms with Crippen molar-refractivity contribution in [3.63, 3.8) is 0 Å². The third kappa shape index (κ3) is 4.34. The zero-order chi connectivity index (χ0) is 17.2. The summed E-state index contributed by atoms with van der Waals surface area (Å²) in [4.78, 5) is 14.7. The number of fused-ring (bicyclic) bond motifs is 1. The molecule has 3 heterocycles. The average molecular weight is 356 g/mol. The van der Waals surface area contributed by atoms with Gasteiger partial charge in [0.1, 0.15) is 0 Å². The van der Waals surface area contributed by atoms with Crippen LogP contribution in [0, 0.1) is 11.8 Å². The monoisotopic (exact) mass is 356 g/mol. The van der Waals surface area contributed by atoms with E-state index >= 15 is 0 Å². The van der Waals surface area contributed by atoms with Crippen molar-refractivity contribution < 1.29 is 17.9 Å². The largest absolute Gasteiger partial charge is 0.381 e. The van der Waals surface area contributed by atoms with Crippen molar-refractivity contribution in [3.05, 3.63) is 18.0 Å². The first kappa shape index (κ1) is 17.4. The number of ether oxygens (including phenoxy) is 1. The first-order chi connectivity index (χ1) is 11.4. The lowest BCUT2D eigenvalue weighted by molar-refractivity contribution is -0.139. The Hall–Kier alpha value is -1.45. The van der Waals surface area contributed by atoms with Crippen LogP contribution in [0.4, 0.5) is 0 Å². The fraction of sp³-hybridized carbons (Fsp3) is 0.733. The molecule has 0 bridgehead atoms. The summed E-state index contributed by atoms with van der Waals surface area (Å²) in [5.74, 6) is 0.124. The molecule has 24 heavy (non-hydrogen) atoms. The molecule has 2 aliphatic heterocycles. The molecule has 0 unspecified atom stereocenters. The summed E-state index contributed by atoms with van der Waals surface area (Å²) in [6.45, 7) is 3.20. The van der Waals surface area contributed by atoms with Crippen molar-refractivity contribution in [2.75, 3.05) is 32.6 Å². The van der Waals surface area contributed by atoms with E-state index in [9.17, 15) is 13.2 Å². The van der Waals surface area contributed by atoms with Crippen LogP contribution < -0.4 is 4.72 Å². The number of nitrogens with one attached hydrogen (secondary N) is 1. The van der Waals surface area contributed by atoms with E-state index in [0.29, 0.717) is 39.4 Å². The Bertz CT molecular complexity index is 681. The van der Waals surface area contributed by atoms with Gasteiger partial charge in [0.15, 0.2) is 0 Å². The Kier molecular flexibility index (Phi) is 5.21. The van der Waals surface area contributed by atoms with Crippen LogP contribution in [0.2, 0.25) is 0 Å². The Morgan fingerprint density at radius 3 is 2.83 bits per heavy atom. The molecule has 1 aromatic heterocycles. The summed E-state index contributed by atoms with van der Waals surface area (Å²) in [6, 6.07) is 1.91. The first-order valence-electron chi connectivity index (χ1n) is 8.24. The lowest BCUT2D eigenvalue weighted by Crippen LogP contribution is -2.42. The summed E-state index contributed by atoms with van der Waals surface area (Å²) < 4.78 is 32.5. The Labute approximate surface area is 142 Å². The topological polar surface area (TPSA) is 93.5 Å². The Morgan fingerprint density at radius 2 is 2.12 bits per heavy atom. The minimum Gasteiger partial charge on any atom is -0.381 e. The number of carbonyl (C=O) groups is 1. The van der Waals surface area contributed by atoms with Crippen LogP contribution in [-0.2, 0) is 32.6 Å². The van der Waals surface area contributed by atoms with Gasteiger partial charge in [0.2, 0.25) is 15.9 Å². The van der Waals surface area contributed by atoms with Crippen LogP contribution >= 0.6 is 0 Å². The predicted molar refractivity (Wildman–Crippen MR) is 87.5 cm³/mol. The number of aromatic nitrogens is 2. The van der Waals surface area contributed by atoms with E-state index in [1.165, 1.54) is 0 Å². The fourth-order valence-corrected chi connectivity index (χ4v) is 3.84. The van der Waals surface area contributed by atoms with Gasteiger partial charge in [-0.05, 0) is 18.9 Å². The molecule has 1 N–H and O–H groups in total. The normalized spacial score (nSPS) is 22.9. The third-order valence-electron chi connectivity index (χ3n) is 4.58. The highest BCUT2D eigenvalue weighted by Crippen LogP contribution is 2.22. The van der Waals surface area contributed by atoms with Crippen LogP contribution in [-0.4, -0.2) is 61.6 Å². The van der Waals surface area contributed by atoms with Gasteiger partial charge in [0.05, 0.1) is 18.5 Å². The molecule has 1 atom stereocenters. The third-order valence-corrected chi connectivity index (χ3v) is 5.27. The smallest absolute Gasteiger partial charge is 0.226 e. The molecule has 8 nitrogen and oxygen atoms in total. The molecule has 0 radical (unpaired) electrons. The van der Waals surface area contributed by atoms with Crippen LogP contribution in [0.15, 0.2) is 12.3 Å². The second kappa shape index (κ2) is 7.20. The molecule has 0 saturated carbocycles. The molecule has 3 rings (SSSR count). The molecular formula is C15H24N4O4S. The van der Waals surface area contributed by atoms with Gasteiger partial charge in [-0.25, -0.2) is 13.1 Å². The fourth-order valence-electron chi connectivity index (χ4n) is 3.30. The van der Waals surface area contributed by atoms with Crippen LogP contribution in [0.5, 0.6) is 0 Å². The number of carbonyl (C=O) groups excluding carboxylic acids is 1. The molecule has 1 aromatic rings. The summed E-state index contributed by atoms with van der Waals surface area (Å²) in [5.41, 5.74) is 0.984. The molecule has 2 aliphatic rings. The number of rotatable bonds is 4. The molecule has 1 saturated heterocycles. The highest BCUT2D eigenvalue weighted by molar-refractivity contribution is 7.88. The van der Waals surface area contributed by atoms with Crippen molar-refractivity contribution in [1.82, 2.24) is 19.4 Å². The molecule has 1 fully saturated rings. The highest BCUT2D eigenvalue weighted by Gasteiger charge is 2.31. The van der Waals surface area contributed by atoms with E-state index in [1.807, 2.05) is 15.6 Å². The lowest BCUT2D eigenvalue weighted by atomic mass is 9.98. The molecule has 0 aromatic carbocycles. The maximum atomic E-state index is 12.9. The average Bonchev–Trinajstić information content (AvgIpc) is 2.90. The van der Waals surface area contributed by atoms with Gasteiger partial charge in [-0.3, -0.25) is 9.48 Å². The molecular weight excluding hydrogens is 332 g/mol. The highest BCUT2D eigenvalue weighted by atomic mass is 32.2. The second-order valence-corrected chi connectivity index (χ2v) is 8.43. The Balaban J connectivity index is 1.74. The zero-order valence-corrected chi connectivity index (χ0v) is 14.7. The zero-order valence-electron chi connectivity index (χ0n) is 13.8. The van der Waals surface area contributed by atoms with Crippen molar-refractivity contribution in [2.45, 2.75) is 25.9 Å². The van der Waals surface area contributed by atoms with Crippen molar-refractivity contribution >= 4 is 15.9 Å². The first-order valence-corrected chi connectivity index (χ1v) is 10.1. The van der Waals surface area contributed by atoms with Gasteiger partial charge >= 0.3 is 0 Å².